The molecule has 2 rings (SSSR count). The summed E-state index contributed by atoms with van der Waals surface area (Å²) in [6.07, 6.45) is 1.49. The van der Waals surface area contributed by atoms with Gasteiger partial charge in [-0.2, -0.15) is 4.98 Å². The summed E-state index contributed by atoms with van der Waals surface area (Å²) in [6.45, 7) is 1.75. The van der Waals surface area contributed by atoms with Crippen molar-refractivity contribution >= 4 is 15.7 Å². The van der Waals surface area contributed by atoms with Crippen LogP contribution in [0.1, 0.15) is 5.69 Å². The van der Waals surface area contributed by atoms with Crippen molar-refractivity contribution in [2.75, 3.05) is 12.8 Å². The van der Waals surface area contributed by atoms with Crippen molar-refractivity contribution in [1.82, 2.24) is 14.4 Å². The summed E-state index contributed by atoms with van der Waals surface area (Å²) in [5.74, 6) is 0. The number of nitrogen functional groups attached to an aromatic ring is 1. The lowest BCUT2D eigenvalue weighted by Crippen LogP contribution is -2.31. The van der Waals surface area contributed by atoms with Gasteiger partial charge in [0.1, 0.15) is 0 Å². The fourth-order valence-corrected chi connectivity index (χ4v) is 2.36. The Morgan fingerprint density at radius 1 is 1.20 bits per heavy atom. The van der Waals surface area contributed by atoms with Crippen molar-refractivity contribution < 1.29 is 13.3 Å². The number of anilines is 1. The van der Waals surface area contributed by atoms with Crippen molar-refractivity contribution in [3.05, 3.63) is 42.2 Å². The second-order valence-corrected chi connectivity index (χ2v) is 5.99. The highest BCUT2D eigenvalue weighted by atomic mass is 32.2. The highest BCUT2D eigenvalue weighted by molar-refractivity contribution is 7.89. The fourth-order valence-electron chi connectivity index (χ4n) is 1.42. The predicted octanol–water partition coefficient (Wildman–Crippen LogP) is 0.982. The molecule has 20 heavy (non-hydrogen) atoms. The van der Waals surface area contributed by atoms with E-state index in [4.69, 9.17) is 10.6 Å². The van der Waals surface area contributed by atoms with Gasteiger partial charge in [0.25, 0.3) is 10.0 Å². The summed E-state index contributed by atoms with van der Waals surface area (Å²) in [7, 11) is -2.52. The number of benzene rings is 1. The quantitative estimate of drug-likeness (QED) is 0.666. The molecule has 0 spiro atoms. The number of hydrogen-bond acceptors (Lipinski definition) is 6. The Morgan fingerprint density at radius 3 is 2.45 bits per heavy atom. The van der Waals surface area contributed by atoms with E-state index in [2.05, 4.69) is 9.97 Å². The Kier molecular flexibility index (Phi) is 3.86. The Hall–Kier alpha value is -2.19. The van der Waals surface area contributed by atoms with Crippen molar-refractivity contribution in [3.8, 4) is 6.01 Å². The molecule has 0 fully saturated rings. The van der Waals surface area contributed by atoms with Gasteiger partial charge in [-0.1, -0.05) is 0 Å². The number of nitrogens with zero attached hydrogens (tertiary/aromatic N) is 3. The molecule has 8 heteroatoms. The first-order valence-electron chi connectivity index (χ1n) is 5.72. The molecule has 0 atom stereocenters. The second kappa shape index (κ2) is 5.43. The summed E-state index contributed by atoms with van der Waals surface area (Å²) in [4.78, 5) is 13.0. The van der Waals surface area contributed by atoms with Crippen molar-refractivity contribution in [2.45, 2.75) is 11.8 Å². The molecule has 2 N–H and O–H groups in total. The molecule has 0 aliphatic heterocycles. The molecule has 1 aromatic heterocycles. The van der Waals surface area contributed by atoms with E-state index in [0.717, 1.165) is 0 Å². The monoisotopic (exact) mass is 294 g/mol. The van der Waals surface area contributed by atoms with Crippen LogP contribution in [0.15, 0.2) is 41.4 Å². The van der Waals surface area contributed by atoms with Crippen molar-refractivity contribution in [1.29, 1.82) is 0 Å². The molecule has 0 unspecified atom stereocenters. The number of hydroxylamine groups is 1. The smallest absolute Gasteiger partial charge is 0.337 e. The molecule has 0 aliphatic rings. The van der Waals surface area contributed by atoms with E-state index in [9.17, 15) is 8.42 Å². The number of rotatable bonds is 4. The summed E-state index contributed by atoms with van der Waals surface area (Å²) in [5.41, 5.74) is 6.68. The maximum atomic E-state index is 12.2. The number of aromatic nitrogens is 2. The minimum atomic E-state index is -3.79. The van der Waals surface area contributed by atoms with Crippen LogP contribution in [0.25, 0.3) is 0 Å². The van der Waals surface area contributed by atoms with Crippen molar-refractivity contribution in [2.24, 2.45) is 0 Å². The topological polar surface area (TPSA) is 98.4 Å². The van der Waals surface area contributed by atoms with Gasteiger partial charge in [-0.25, -0.2) is 13.4 Å². The van der Waals surface area contributed by atoms with Crippen molar-refractivity contribution in [3.63, 3.8) is 0 Å². The first kappa shape index (κ1) is 14.2. The molecule has 0 aliphatic carbocycles. The van der Waals surface area contributed by atoms with E-state index in [1.807, 2.05) is 0 Å². The zero-order chi connectivity index (χ0) is 14.8. The highest BCUT2D eigenvalue weighted by Crippen LogP contribution is 2.17. The molecule has 7 nitrogen and oxygen atoms in total. The Balaban J connectivity index is 2.23. The first-order chi connectivity index (χ1) is 9.39. The predicted molar refractivity (Wildman–Crippen MR) is 73.2 cm³/mol. The van der Waals surface area contributed by atoms with Crippen LogP contribution < -0.4 is 10.6 Å². The summed E-state index contributed by atoms with van der Waals surface area (Å²) < 4.78 is 25.2. The van der Waals surface area contributed by atoms with Gasteiger partial charge >= 0.3 is 6.01 Å². The van der Waals surface area contributed by atoms with E-state index in [1.165, 1.54) is 37.5 Å². The third-order valence-corrected chi connectivity index (χ3v) is 4.12. The van der Waals surface area contributed by atoms with Gasteiger partial charge in [-0.15, -0.1) is 0 Å². The molecule has 0 amide bonds. The normalized spacial score (nSPS) is 11.6. The Morgan fingerprint density at radius 2 is 1.85 bits per heavy atom. The SMILES string of the molecule is Cc1ccnc(ON(C)S(=O)(=O)c2ccc(N)cc2)n1. The van der Waals surface area contributed by atoms with Crippen LogP contribution in [0.3, 0.4) is 0 Å². The molecule has 2 aromatic rings. The van der Waals surface area contributed by atoms with E-state index in [1.54, 1.807) is 13.0 Å². The molecule has 1 aromatic carbocycles. The standard InChI is InChI=1S/C12H14N4O3S/c1-9-7-8-14-12(15-9)19-16(2)20(17,18)11-5-3-10(13)4-6-11/h3-8H,13H2,1-2H3. The molecule has 1 heterocycles. The third kappa shape index (κ3) is 3.03. The van der Waals surface area contributed by atoms with Crippen LogP contribution in [0.4, 0.5) is 5.69 Å². The van der Waals surface area contributed by atoms with Crippen LogP contribution in [0.5, 0.6) is 6.01 Å². The molecule has 0 saturated carbocycles. The Bertz CT molecular complexity index is 701. The van der Waals surface area contributed by atoms with Crippen LogP contribution in [0.2, 0.25) is 0 Å². The fraction of sp³-hybridized carbons (Fsp3) is 0.167. The number of aryl methyl sites for hydroxylation is 1. The largest absolute Gasteiger partial charge is 0.399 e. The van der Waals surface area contributed by atoms with E-state index >= 15 is 0 Å². The van der Waals surface area contributed by atoms with E-state index < -0.39 is 10.0 Å². The van der Waals surface area contributed by atoms with Crippen LogP contribution in [-0.2, 0) is 10.0 Å². The molecule has 0 saturated heterocycles. The lowest BCUT2D eigenvalue weighted by molar-refractivity contribution is 0.0514. The maximum Gasteiger partial charge on any atom is 0.337 e. The second-order valence-electron chi connectivity index (χ2n) is 4.06. The minimum absolute atomic E-state index is 0.0356. The average Bonchev–Trinajstić information content (AvgIpc) is 2.39. The van der Waals surface area contributed by atoms with Gasteiger partial charge in [0.15, 0.2) is 0 Å². The Labute approximate surface area is 117 Å². The first-order valence-corrected chi connectivity index (χ1v) is 7.16. The average molecular weight is 294 g/mol. The van der Waals surface area contributed by atoms with Crippen LogP contribution in [-0.4, -0.2) is 29.9 Å². The molecule has 0 radical (unpaired) electrons. The van der Waals surface area contributed by atoms with Gasteiger partial charge < -0.3 is 10.6 Å². The van der Waals surface area contributed by atoms with Crippen LogP contribution in [0, 0.1) is 6.92 Å². The van der Waals surface area contributed by atoms with Gasteiger partial charge in [-0.05, 0) is 41.7 Å². The number of hydrogen-bond donors (Lipinski definition) is 1. The van der Waals surface area contributed by atoms with E-state index in [0.29, 0.717) is 15.8 Å². The summed E-state index contributed by atoms with van der Waals surface area (Å²) in [6, 6.07) is 7.46. The van der Waals surface area contributed by atoms with E-state index in [-0.39, 0.29) is 10.9 Å². The molecule has 0 bridgehead atoms. The lowest BCUT2D eigenvalue weighted by Gasteiger charge is -2.16. The lowest BCUT2D eigenvalue weighted by atomic mass is 10.3. The summed E-state index contributed by atoms with van der Waals surface area (Å²) >= 11 is 0. The minimum Gasteiger partial charge on any atom is -0.399 e. The van der Waals surface area contributed by atoms with Gasteiger partial charge in [0.2, 0.25) is 0 Å². The maximum absolute atomic E-state index is 12.2. The zero-order valence-corrected chi connectivity index (χ0v) is 11.8. The van der Waals surface area contributed by atoms with Gasteiger partial charge in [-0.3, -0.25) is 0 Å². The third-order valence-electron chi connectivity index (χ3n) is 2.50. The summed E-state index contributed by atoms with van der Waals surface area (Å²) in [5, 5.41) is 0. The zero-order valence-electron chi connectivity index (χ0n) is 11.0. The molecule has 106 valence electrons. The number of sulfonamides is 1. The number of nitrogens with two attached hydrogens (primary N) is 1. The molecular weight excluding hydrogens is 280 g/mol. The highest BCUT2D eigenvalue weighted by Gasteiger charge is 2.23. The van der Waals surface area contributed by atoms with Gasteiger partial charge in [0, 0.05) is 24.6 Å². The molecular formula is C12H14N4O3S. The van der Waals surface area contributed by atoms with Gasteiger partial charge in [0.05, 0.1) is 4.90 Å². The van der Waals surface area contributed by atoms with Crippen LogP contribution >= 0.6 is 0 Å².